The molecule has 0 heterocycles. The molecule has 1 amide bonds. The van der Waals surface area contributed by atoms with E-state index in [2.05, 4.69) is 17.0 Å². The molecule has 0 saturated carbocycles. The molecule has 1 unspecified atom stereocenters. The SMILES string of the molecule is CCc1ccc(C(C)NC(=O)CCNS(=O)(=O)c2ccc(C)cc2)cc1. The lowest BCUT2D eigenvalue weighted by molar-refractivity contribution is -0.121. The van der Waals surface area contributed by atoms with Gasteiger partial charge in [-0.25, -0.2) is 13.1 Å². The fourth-order valence-corrected chi connectivity index (χ4v) is 3.57. The maximum absolute atomic E-state index is 12.2. The topological polar surface area (TPSA) is 75.3 Å². The van der Waals surface area contributed by atoms with Crippen LogP contribution in [0.15, 0.2) is 53.4 Å². The highest BCUT2D eigenvalue weighted by Gasteiger charge is 2.15. The third-order valence-corrected chi connectivity index (χ3v) is 5.72. The largest absolute Gasteiger partial charge is 0.350 e. The molecule has 0 aliphatic heterocycles. The zero-order valence-corrected chi connectivity index (χ0v) is 16.3. The average molecular weight is 375 g/mol. The first-order valence-corrected chi connectivity index (χ1v) is 10.2. The summed E-state index contributed by atoms with van der Waals surface area (Å²) in [6.45, 7) is 5.96. The van der Waals surface area contributed by atoms with Gasteiger partial charge in [0, 0.05) is 13.0 Å². The number of benzene rings is 2. The third-order valence-electron chi connectivity index (χ3n) is 4.24. The highest BCUT2D eigenvalue weighted by atomic mass is 32.2. The number of amides is 1. The molecule has 2 aromatic carbocycles. The van der Waals surface area contributed by atoms with E-state index in [9.17, 15) is 13.2 Å². The summed E-state index contributed by atoms with van der Waals surface area (Å²) >= 11 is 0. The molecule has 0 aliphatic rings. The van der Waals surface area contributed by atoms with Crippen LogP contribution in [0.2, 0.25) is 0 Å². The van der Waals surface area contributed by atoms with E-state index < -0.39 is 10.0 Å². The number of aryl methyl sites for hydroxylation is 2. The van der Waals surface area contributed by atoms with Gasteiger partial charge in [-0.15, -0.1) is 0 Å². The number of rotatable bonds is 8. The Morgan fingerprint density at radius 3 is 2.23 bits per heavy atom. The van der Waals surface area contributed by atoms with Crippen molar-refractivity contribution in [3.63, 3.8) is 0 Å². The van der Waals surface area contributed by atoms with Crippen LogP contribution >= 0.6 is 0 Å². The molecular weight excluding hydrogens is 348 g/mol. The van der Waals surface area contributed by atoms with Gasteiger partial charge < -0.3 is 5.32 Å². The van der Waals surface area contributed by atoms with Crippen molar-refractivity contribution in [2.24, 2.45) is 0 Å². The average Bonchev–Trinajstić information content (AvgIpc) is 2.62. The number of carbonyl (C=O) groups is 1. The van der Waals surface area contributed by atoms with E-state index in [-0.39, 0.29) is 29.8 Å². The lowest BCUT2D eigenvalue weighted by atomic mass is 10.0. The minimum Gasteiger partial charge on any atom is -0.350 e. The van der Waals surface area contributed by atoms with Gasteiger partial charge in [-0.1, -0.05) is 48.9 Å². The monoisotopic (exact) mass is 374 g/mol. The molecule has 2 aromatic rings. The lowest BCUT2D eigenvalue weighted by Crippen LogP contribution is -2.32. The van der Waals surface area contributed by atoms with Crippen molar-refractivity contribution in [3.8, 4) is 0 Å². The van der Waals surface area contributed by atoms with Gasteiger partial charge in [0.25, 0.3) is 0 Å². The molecule has 0 radical (unpaired) electrons. The van der Waals surface area contributed by atoms with E-state index in [0.29, 0.717) is 0 Å². The van der Waals surface area contributed by atoms with Crippen LogP contribution in [0.5, 0.6) is 0 Å². The smallest absolute Gasteiger partial charge is 0.240 e. The Morgan fingerprint density at radius 1 is 1.04 bits per heavy atom. The summed E-state index contributed by atoms with van der Waals surface area (Å²) < 4.78 is 26.8. The quantitative estimate of drug-likeness (QED) is 0.745. The van der Waals surface area contributed by atoms with Crippen LogP contribution in [0.25, 0.3) is 0 Å². The van der Waals surface area contributed by atoms with Crippen LogP contribution in [-0.2, 0) is 21.2 Å². The van der Waals surface area contributed by atoms with Crippen LogP contribution in [0.1, 0.15) is 43.0 Å². The number of hydrogen-bond acceptors (Lipinski definition) is 3. The molecule has 0 aliphatic carbocycles. The Morgan fingerprint density at radius 2 is 1.65 bits per heavy atom. The normalized spacial score (nSPS) is 12.6. The minimum absolute atomic E-state index is 0.0591. The maximum Gasteiger partial charge on any atom is 0.240 e. The molecule has 6 heteroatoms. The van der Waals surface area contributed by atoms with Crippen molar-refractivity contribution >= 4 is 15.9 Å². The standard InChI is InChI=1S/C20H26N2O3S/c1-4-17-7-9-18(10-8-17)16(3)22-20(23)13-14-21-26(24,25)19-11-5-15(2)6-12-19/h5-12,16,21H,4,13-14H2,1-3H3,(H,22,23). The van der Waals surface area contributed by atoms with Crippen LogP contribution < -0.4 is 10.0 Å². The Balaban J connectivity index is 1.83. The Bertz CT molecular complexity index is 828. The molecule has 1 atom stereocenters. The predicted molar refractivity (Wildman–Crippen MR) is 103 cm³/mol. The van der Waals surface area contributed by atoms with Crippen molar-refractivity contribution in [3.05, 3.63) is 65.2 Å². The van der Waals surface area contributed by atoms with Crippen LogP contribution in [-0.4, -0.2) is 20.9 Å². The first-order valence-electron chi connectivity index (χ1n) is 8.76. The summed E-state index contributed by atoms with van der Waals surface area (Å²) in [5.74, 6) is -0.191. The van der Waals surface area contributed by atoms with E-state index in [1.165, 1.54) is 5.56 Å². The van der Waals surface area contributed by atoms with Crippen molar-refractivity contribution in [2.75, 3.05) is 6.54 Å². The molecular formula is C20H26N2O3S. The van der Waals surface area contributed by atoms with E-state index in [4.69, 9.17) is 0 Å². The molecule has 0 saturated heterocycles. The van der Waals surface area contributed by atoms with E-state index in [0.717, 1.165) is 17.5 Å². The maximum atomic E-state index is 12.2. The second-order valence-electron chi connectivity index (χ2n) is 6.35. The summed E-state index contributed by atoms with van der Waals surface area (Å²) in [5.41, 5.74) is 3.26. The Labute approximate surface area is 155 Å². The van der Waals surface area contributed by atoms with Gasteiger partial charge in [-0.3, -0.25) is 4.79 Å². The van der Waals surface area contributed by atoms with Crippen LogP contribution in [0.4, 0.5) is 0 Å². The summed E-state index contributed by atoms with van der Waals surface area (Å²) in [4.78, 5) is 12.3. The molecule has 2 rings (SSSR count). The molecule has 26 heavy (non-hydrogen) atoms. The Hall–Kier alpha value is -2.18. The highest BCUT2D eigenvalue weighted by Crippen LogP contribution is 2.14. The predicted octanol–water partition coefficient (Wildman–Crippen LogP) is 3.10. The van der Waals surface area contributed by atoms with E-state index in [1.807, 2.05) is 38.1 Å². The molecule has 0 aromatic heterocycles. The van der Waals surface area contributed by atoms with Crippen molar-refractivity contribution < 1.29 is 13.2 Å². The van der Waals surface area contributed by atoms with Gasteiger partial charge in [0.15, 0.2) is 0 Å². The highest BCUT2D eigenvalue weighted by molar-refractivity contribution is 7.89. The number of carbonyl (C=O) groups excluding carboxylic acids is 1. The van der Waals surface area contributed by atoms with Crippen LogP contribution in [0, 0.1) is 6.92 Å². The fraction of sp³-hybridized carbons (Fsp3) is 0.350. The van der Waals surface area contributed by atoms with Crippen molar-refractivity contribution in [1.82, 2.24) is 10.0 Å². The molecule has 5 nitrogen and oxygen atoms in total. The number of hydrogen-bond donors (Lipinski definition) is 2. The van der Waals surface area contributed by atoms with Crippen LogP contribution in [0.3, 0.4) is 0 Å². The van der Waals surface area contributed by atoms with E-state index >= 15 is 0 Å². The second-order valence-corrected chi connectivity index (χ2v) is 8.11. The summed E-state index contributed by atoms with van der Waals surface area (Å²) in [6, 6.07) is 14.6. The fourth-order valence-electron chi connectivity index (χ4n) is 2.54. The zero-order valence-electron chi connectivity index (χ0n) is 15.5. The van der Waals surface area contributed by atoms with Gasteiger partial charge >= 0.3 is 0 Å². The third kappa shape index (κ3) is 5.68. The first-order chi connectivity index (χ1) is 12.3. The summed E-state index contributed by atoms with van der Waals surface area (Å²) in [7, 11) is -3.59. The van der Waals surface area contributed by atoms with Gasteiger partial charge in [-0.05, 0) is 43.5 Å². The Kier molecular flexibility index (Phi) is 6.94. The summed E-state index contributed by atoms with van der Waals surface area (Å²) in [6.07, 6.45) is 1.06. The molecule has 0 fully saturated rings. The van der Waals surface area contributed by atoms with Crippen molar-refractivity contribution in [2.45, 2.75) is 44.6 Å². The van der Waals surface area contributed by atoms with Gasteiger partial charge in [-0.2, -0.15) is 0 Å². The number of nitrogens with one attached hydrogen (secondary N) is 2. The second kappa shape index (κ2) is 8.96. The zero-order chi connectivity index (χ0) is 19.2. The molecule has 0 bridgehead atoms. The minimum atomic E-state index is -3.59. The summed E-state index contributed by atoms with van der Waals surface area (Å²) in [5, 5.41) is 2.89. The van der Waals surface area contributed by atoms with Crippen molar-refractivity contribution in [1.29, 1.82) is 0 Å². The van der Waals surface area contributed by atoms with Gasteiger partial charge in [0.05, 0.1) is 10.9 Å². The molecule has 0 spiro atoms. The molecule has 2 N–H and O–H groups in total. The van der Waals surface area contributed by atoms with Gasteiger partial charge in [0.2, 0.25) is 15.9 Å². The molecule has 140 valence electrons. The van der Waals surface area contributed by atoms with E-state index in [1.54, 1.807) is 24.3 Å². The number of sulfonamides is 1. The first kappa shape index (κ1) is 20.1. The van der Waals surface area contributed by atoms with Gasteiger partial charge in [0.1, 0.15) is 0 Å². The lowest BCUT2D eigenvalue weighted by Gasteiger charge is -2.15.